The van der Waals surface area contributed by atoms with Crippen LogP contribution in [-0.2, 0) is 5.41 Å². The molecule has 88 valence electrons. The highest BCUT2D eigenvalue weighted by molar-refractivity contribution is 9.10. The molecule has 0 unspecified atom stereocenters. The van der Waals surface area contributed by atoms with Gasteiger partial charge < -0.3 is 10.1 Å². The van der Waals surface area contributed by atoms with Crippen LogP contribution in [0.4, 0.5) is 0 Å². The van der Waals surface area contributed by atoms with Crippen LogP contribution in [0.2, 0.25) is 0 Å². The highest BCUT2D eigenvalue weighted by atomic mass is 79.9. The topological polar surface area (TPSA) is 21.3 Å². The largest absolute Gasteiger partial charge is 0.493 e. The molecule has 1 saturated carbocycles. The Hall–Kier alpha value is -0.540. The normalized spacial score (nSPS) is 17.2. The number of hydrogen-bond acceptors (Lipinski definition) is 2. The monoisotopic (exact) mass is 283 g/mol. The van der Waals surface area contributed by atoms with Gasteiger partial charge in [-0.25, -0.2) is 0 Å². The van der Waals surface area contributed by atoms with Gasteiger partial charge in [-0.3, -0.25) is 0 Å². The minimum absolute atomic E-state index is 0.377. The number of rotatable bonds is 5. The number of halogens is 1. The number of hydrogen-bond donors (Lipinski definition) is 1. The van der Waals surface area contributed by atoms with E-state index in [0.717, 1.165) is 16.8 Å². The summed E-state index contributed by atoms with van der Waals surface area (Å²) in [6.07, 6.45) is 2.57. The molecule has 1 aliphatic rings. The molecular formula is C13H18BrNO. The fourth-order valence-corrected chi connectivity index (χ4v) is 2.65. The summed E-state index contributed by atoms with van der Waals surface area (Å²) in [5, 5.41) is 3.28. The van der Waals surface area contributed by atoms with Crippen LogP contribution in [0.15, 0.2) is 22.7 Å². The lowest BCUT2D eigenvalue weighted by Gasteiger charge is -2.16. The summed E-state index contributed by atoms with van der Waals surface area (Å²) in [7, 11) is 2.02. The van der Waals surface area contributed by atoms with Crippen LogP contribution in [-0.4, -0.2) is 20.2 Å². The SMILES string of the molecule is CCOc1ccc(C2(CNC)CC2)cc1Br. The number of likely N-dealkylation sites (N-methyl/N-ethyl adjacent to an activating group) is 1. The zero-order chi connectivity index (χ0) is 11.6. The van der Waals surface area contributed by atoms with Crippen molar-refractivity contribution in [1.29, 1.82) is 0 Å². The van der Waals surface area contributed by atoms with Gasteiger partial charge in [0.05, 0.1) is 11.1 Å². The molecule has 0 radical (unpaired) electrons. The number of ether oxygens (including phenoxy) is 1. The molecule has 0 saturated heterocycles. The molecule has 0 atom stereocenters. The van der Waals surface area contributed by atoms with E-state index in [1.54, 1.807) is 0 Å². The third-order valence-electron chi connectivity index (χ3n) is 3.21. The molecule has 2 nitrogen and oxygen atoms in total. The Kier molecular flexibility index (Phi) is 3.55. The Morgan fingerprint density at radius 2 is 2.19 bits per heavy atom. The molecule has 1 fully saturated rings. The Bertz CT molecular complexity index is 374. The van der Waals surface area contributed by atoms with Crippen LogP contribution in [0.3, 0.4) is 0 Å². The zero-order valence-corrected chi connectivity index (χ0v) is 11.4. The van der Waals surface area contributed by atoms with Gasteiger partial charge in [-0.1, -0.05) is 6.07 Å². The third kappa shape index (κ3) is 2.25. The second kappa shape index (κ2) is 4.76. The lowest BCUT2D eigenvalue weighted by atomic mass is 9.96. The fourth-order valence-electron chi connectivity index (χ4n) is 2.16. The molecule has 1 aromatic carbocycles. The molecule has 0 bridgehead atoms. The van der Waals surface area contributed by atoms with Crippen molar-refractivity contribution in [2.24, 2.45) is 0 Å². The molecule has 3 heteroatoms. The van der Waals surface area contributed by atoms with E-state index in [9.17, 15) is 0 Å². The van der Waals surface area contributed by atoms with Crippen molar-refractivity contribution in [3.8, 4) is 5.75 Å². The van der Waals surface area contributed by atoms with Gasteiger partial charge in [-0.15, -0.1) is 0 Å². The van der Waals surface area contributed by atoms with Crippen molar-refractivity contribution in [1.82, 2.24) is 5.32 Å². The van der Waals surface area contributed by atoms with E-state index < -0.39 is 0 Å². The number of benzene rings is 1. The minimum atomic E-state index is 0.377. The first kappa shape index (κ1) is 11.9. The predicted molar refractivity (Wildman–Crippen MR) is 70.1 cm³/mol. The summed E-state index contributed by atoms with van der Waals surface area (Å²) in [6, 6.07) is 6.47. The lowest BCUT2D eigenvalue weighted by molar-refractivity contribution is 0.338. The number of nitrogens with one attached hydrogen (secondary N) is 1. The summed E-state index contributed by atoms with van der Waals surface area (Å²) >= 11 is 3.57. The van der Waals surface area contributed by atoms with Gasteiger partial charge >= 0.3 is 0 Å². The minimum Gasteiger partial charge on any atom is -0.493 e. The maximum Gasteiger partial charge on any atom is 0.133 e. The maximum absolute atomic E-state index is 5.52. The Morgan fingerprint density at radius 1 is 1.44 bits per heavy atom. The van der Waals surface area contributed by atoms with Gasteiger partial charge in [0.2, 0.25) is 0 Å². The van der Waals surface area contributed by atoms with Crippen LogP contribution >= 0.6 is 15.9 Å². The van der Waals surface area contributed by atoms with Crippen molar-refractivity contribution in [3.05, 3.63) is 28.2 Å². The van der Waals surface area contributed by atoms with Gasteiger partial charge in [-0.05, 0) is 60.4 Å². The van der Waals surface area contributed by atoms with E-state index in [0.29, 0.717) is 12.0 Å². The molecule has 0 heterocycles. The Balaban J connectivity index is 2.21. The van der Waals surface area contributed by atoms with Gasteiger partial charge in [0.1, 0.15) is 5.75 Å². The average molecular weight is 284 g/mol. The molecule has 0 aliphatic heterocycles. The first-order chi connectivity index (χ1) is 7.72. The second-order valence-corrected chi connectivity index (χ2v) is 5.24. The molecule has 0 amide bonds. The van der Waals surface area contributed by atoms with Crippen LogP contribution in [0, 0.1) is 0 Å². The van der Waals surface area contributed by atoms with E-state index in [1.807, 2.05) is 14.0 Å². The first-order valence-corrected chi connectivity index (χ1v) is 6.58. The van der Waals surface area contributed by atoms with Crippen LogP contribution < -0.4 is 10.1 Å². The van der Waals surface area contributed by atoms with Crippen LogP contribution in [0.25, 0.3) is 0 Å². The summed E-state index contributed by atoms with van der Waals surface area (Å²) < 4.78 is 6.59. The van der Waals surface area contributed by atoms with Crippen LogP contribution in [0.5, 0.6) is 5.75 Å². The standard InChI is InChI=1S/C13H18BrNO/c1-3-16-12-5-4-10(8-11(12)14)13(6-7-13)9-15-2/h4-5,8,15H,3,6-7,9H2,1-2H3. The molecule has 1 aliphatic carbocycles. The van der Waals surface area contributed by atoms with Gasteiger partial charge in [0.15, 0.2) is 0 Å². The van der Waals surface area contributed by atoms with E-state index in [1.165, 1.54) is 18.4 Å². The summed E-state index contributed by atoms with van der Waals surface area (Å²) in [6.45, 7) is 3.77. The molecular weight excluding hydrogens is 266 g/mol. The zero-order valence-electron chi connectivity index (χ0n) is 9.85. The first-order valence-electron chi connectivity index (χ1n) is 5.79. The van der Waals surface area contributed by atoms with Crippen molar-refractivity contribution >= 4 is 15.9 Å². The van der Waals surface area contributed by atoms with E-state index in [4.69, 9.17) is 4.74 Å². The van der Waals surface area contributed by atoms with E-state index >= 15 is 0 Å². The van der Waals surface area contributed by atoms with Crippen molar-refractivity contribution < 1.29 is 4.74 Å². The van der Waals surface area contributed by atoms with Crippen molar-refractivity contribution in [3.63, 3.8) is 0 Å². The van der Waals surface area contributed by atoms with Gasteiger partial charge in [-0.2, -0.15) is 0 Å². The highest BCUT2D eigenvalue weighted by Crippen LogP contribution is 2.48. The molecule has 1 N–H and O–H groups in total. The lowest BCUT2D eigenvalue weighted by Crippen LogP contribution is -2.23. The third-order valence-corrected chi connectivity index (χ3v) is 3.83. The maximum atomic E-state index is 5.52. The fraction of sp³-hybridized carbons (Fsp3) is 0.538. The van der Waals surface area contributed by atoms with Gasteiger partial charge in [0.25, 0.3) is 0 Å². The summed E-state index contributed by atoms with van der Waals surface area (Å²) in [4.78, 5) is 0. The molecule has 1 aromatic rings. The van der Waals surface area contributed by atoms with Gasteiger partial charge in [0, 0.05) is 12.0 Å². The quantitative estimate of drug-likeness (QED) is 0.897. The molecule has 2 rings (SSSR count). The molecule has 0 aromatic heterocycles. The van der Waals surface area contributed by atoms with E-state index in [2.05, 4.69) is 39.4 Å². The summed E-state index contributed by atoms with van der Waals surface area (Å²) in [5.74, 6) is 0.937. The van der Waals surface area contributed by atoms with E-state index in [-0.39, 0.29) is 0 Å². The van der Waals surface area contributed by atoms with Crippen molar-refractivity contribution in [2.45, 2.75) is 25.2 Å². The van der Waals surface area contributed by atoms with Crippen molar-refractivity contribution in [2.75, 3.05) is 20.2 Å². The van der Waals surface area contributed by atoms with Crippen LogP contribution in [0.1, 0.15) is 25.3 Å². The Labute approximate surface area is 106 Å². The molecule has 16 heavy (non-hydrogen) atoms. The Morgan fingerprint density at radius 3 is 2.69 bits per heavy atom. The average Bonchev–Trinajstić information content (AvgIpc) is 3.03. The summed E-state index contributed by atoms with van der Waals surface area (Å²) in [5.41, 5.74) is 1.79. The smallest absolute Gasteiger partial charge is 0.133 e. The predicted octanol–water partition coefficient (Wildman–Crippen LogP) is 3.10. The second-order valence-electron chi connectivity index (χ2n) is 4.39. The highest BCUT2D eigenvalue weighted by Gasteiger charge is 2.43. The molecule has 0 spiro atoms.